The van der Waals surface area contributed by atoms with Crippen LogP contribution < -0.4 is 4.90 Å². The lowest BCUT2D eigenvalue weighted by molar-refractivity contribution is -0.118. The van der Waals surface area contributed by atoms with Gasteiger partial charge in [0.25, 0.3) is 0 Å². The second-order valence-corrected chi connectivity index (χ2v) is 6.27. The highest BCUT2D eigenvalue weighted by Crippen LogP contribution is 2.28. The molecule has 128 valence electrons. The van der Waals surface area contributed by atoms with Crippen LogP contribution in [0.15, 0.2) is 45.5 Å². The van der Waals surface area contributed by atoms with E-state index in [0.29, 0.717) is 30.3 Å². The Kier molecular flexibility index (Phi) is 4.09. The number of anilines is 1. The van der Waals surface area contributed by atoms with Gasteiger partial charge < -0.3 is 13.8 Å². The number of benzene rings is 1. The molecule has 1 aliphatic rings. The summed E-state index contributed by atoms with van der Waals surface area (Å²) < 4.78 is 10.5. The third kappa shape index (κ3) is 3.20. The lowest BCUT2D eigenvalue weighted by Crippen LogP contribution is -2.35. The summed E-state index contributed by atoms with van der Waals surface area (Å²) in [6.07, 6.45) is 4.34. The summed E-state index contributed by atoms with van der Waals surface area (Å²) in [5.41, 5.74) is 3.51. The maximum Gasteiger partial charge on any atom is 0.238 e. The number of hydrogen-bond donors (Lipinski definition) is 0. The molecule has 0 atom stereocenters. The first-order valence-corrected chi connectivity index (χ1v) is 8.47. The molecule has 1 aliphatic heterocycles. The fourth-order valence-electron chi connectivity index (χ4n) is 3.20. The Hall–Kier alpha value is -2.89. The molecule has 4 rings (SSSR count). The summed E-state index contributed by atoms with van der Waals surface area (Å²) in [6, 6.07) is 9.81. The molecule has 0 radical (unpaired) electrons. The molecule has 3 heterocycles. The van der Waals surface area contributed by atoms with Crippen molar-refractivity contribution in [2.75, 3.05) is 11.4 Å². The molecule has 0 aliphatic carbocycles. The second-order valence-electron chi connectivity index (χ2n) is 6.27. The molecule has 2 aromatic heterocycles. The Morgan fingerprint density at radius 3 is 3.08 bits per heavy atom. The Bertz CT molecular complexity index is 883. The van der Waals surface area contributed by atoms with Crippen molar-refractivity contribution < 1.29 is 13.7 Å². The van der Waals surface area contributed by atoms with Crippen molar-refractivity contribution in [2.45, 2.75) is 32.6 Å². The van der Waals surface area contributed by atoms with Crippen LogP contribution in [0.5, 0.6) is 0 Å². The van der Waals surface area contributed by atoms with Gasteiger partial charge in [-0.15, -0.1) is 0 Å². The van der Waals surface area contributed by atoms with Gasteiger partial charge in [0.15, 0.2) is 5.76 Å². The van der Waals surface area contributed by atoms with Crippen LogP contribution in [-0.2, 0) is 17.6 Å². The number of amides is 1. The number of furan rings is 1. The average molecular weight is 337 g/mol. The smallest absolute Gasteiger partial charge is 0.238 e. The zero-order valence-electron chi connectivity index (χ0n) is 14.1. The topological polar surface area (TPSA) is 72.4 Å². The fourth-order valence-corrected chi connectivity index (χ4v) is 3.20. The Morgan fingerprint density at radius 1 is 1.32 bits per heavy atom. The standard InChI is InChI=1S/C19H19N3O3/c1-13-6-7-15-14(12-13)4-2-10-22(15)18(23)9-8-17-20-19(21-25-17)16-5-3-11-24-16/h3,5-7,11-12H,2,4,8-10H2,1H3. The van der Waals surface area contributed by atoms with Crippen LogP contribution in [0.1, 0.15) is 29.9 Å². The zero-order valence-corrected chi connectivity index (χ0v) is 14.1. The third-order valence-electron chi connectivity index (χ3n) is 4.42. The van der Waals surface area contributed by atoms with Gasteiger partial charge in [0.05, 0.1) is 6.26 Å². The highest BCUT2D eigenvalue weighted by Gasteiger charge is 2.23. The normalized spacial score (nSPS) is 13.7. The Labute approximate surface area is 145 Å². The second kappa shape index (κ2) is 6.55. The van der Waals surface area contributed by atoms with E-state index in [1.165, 1.54) is 11.1 Å². The fraction of sp³-hybridized carbons (Fsp3) is 0.316. The van der Waals surface area contributed by atoms with Crippen molar-refractivity contribution in [1.29, 1.82) is 0 Å². The van der Waals surface area contributed by atoms with Gasteiger partial charge in [-0.3, -0.25) is 4.79 Å². The molecule has 25 heavy (non-hydrogen) atoms. The van der Waals surface area contributed by atoms with E-state index >= 15 is 0 Å². The lowest BCUT2D eigenvalue weighted by atomic mass is 9.99. The molecule has 1 aromatic carbocycles. The summed E-state index contributed by atoms with van der Waals surface area (Å²) in [5.74, 6) is 1.50. The van der Waals surface area contributed by atoms with E-state index in [1.807, 2.05) is 11.0 Å². The van der Waals surface area contributed by atoms with Crippen LogP contribution in [-0.4, -0.2) is 22.6 Å². The van der Waals surface area contributed by atoms with E-state index < -0.39 is 0 Å². The van der Waals surface area contributed by atoms with Crippen molar-refractivity contribution in [3.8, 4) is 11.6 Å². The largest absolute Gasteiger partial charge is 0.461 e. The number of aromatic nitrogens is 2. The first-order chi connectivity index (χ1) is 12.2. The van der Waals surface area contributed by atoms with Gasteiger partial charge in [0, 0.05) is 25.1 Å². The van der Waals surface area contributed by atoms with Crippen molar-refractivity contribution in [1.82, 2.24) is 10.1 Å². The van der Waals surface area contributed by atoms with Crippen LogP contribution >= 0.6 is 0 Å². The molecule has 0 saturated heterocycles. The van der Waals surface area contributed by atoms with Gasteiger partial charge >= 0.3 is 0 Å². The Balaban J connectivity index is 1.43. The van der Waals surface area contributed by atoms with E-state index in [0.717, 1.165) is 25.1 Å². The van der Waals surface area contributed by atoms with Gasteiger partial charge in [-0.05, 0) is 43.5 Å². The minimum atomic E-state index is 0.0857. The number of fused-ring (bicyclic) bond motifs is 1. The van der Waals surface area contributed by atoms with E-state index in [4.69, 9.17) is 8.94 Å². The number of aryl methyl sites for hydroxylation is 3. The van der Waals surface area contributed by atoms with E-state index in [9.17, 15) is 4.79 Å². The highest BCUT2D eigenvalue weighted by molar-refractivity contribution is 5.94. The van der Waals surface area contributed by atoms with Crippen LogP contribution in [0.4, 0.5) is 5.69 Å². The maximum absolute atomic E-state index is 12.7. The minimum Gasteiger partial charge on any atom is -0.461 e. The van der Waals surface area contributed by atoms with Gasteiger partial charge in [0.1, 0.15) is 0 Å². The monoisotopic (exact) mass is 337 g/mol. The van der Waals surface area contributed by atoms with Gasteiger partial charge in [-0.2, -0.15) is 4.98 Å². The number of rotatable bonds is 4. The van der Waals surface area contributed by atoms with Gasteiger partial charge in [-0.25, -0.2) is 0 Å². The molecule has 0 spiro atoms. The SMILES string of the molecule is Cc1ccc2c(c1)CCCN2C(=O)CCc1nc(-c2ccco2)no1. The minimum absolute atomic E-state index is 0.0857. The van der Waals surface area contributed by atoms with E-state index in [-0.39, 0.29) is 5.91 Å². The lowest BCUT2D eigenvalue weighted by Gasteiger charge is -2.29. The van der Waals surface area contributed by atoms with Crippen LogP contribution in [0, 0.1) is 6.92 Å². The molecule has 0 fully saturated rings. The molecule has 0 N–H and O–H groups in total. The van der Waals surface area contributed by atoms with Crippen molar-refractivity contribution >= 4 is 11.6 Å². The number of carbonyl (C=O) groups is 1. The molecule has 0 saturated carbocycles. The molecular formula is C19H19N3O3. The molecule has 0 bridgehead atoms. The third-order valence-corrected chi connectivity index (χ3v) is 4.42. The molecule has 0 unspecified atom stereocenters. The summed E-state index contributed by atoms with van der Waals surface area (Å²) >= 11 is 0. The first kappa shape index (κ1) is 15.6. The predicted octanol–water partition coefficient (Wildman–Crippen LogP) is 3.55. The number of hydrogen-bond acceptors (Lipinski definition) is 5. The molecule has 3 aromatic rings. The predicted molar refractivity (Wildman–Crippen MR) is 92.2 cm³/mol. The quantitative estimate of drug-likeness (QED) is 0.728. The Morgan fingerprint density at radius 2 is 2.24 bits per heavy atom. The van der Waals surface area contributed by atoms with E-state index in [1.54, 1.807) is 18.4 Å². The maximum atomic E-state index is 12.7. The summed E-state index contributed by atoms with van der Waals surface area (Å²) in [4.78, 5) is 18.8. The average Bonchev–Trinajstić information content (AvgIpc) is 3.30. The zero-order chi connectivity index (χ0) is 17.2. The molecule has 1 amide bonds. The van der Waals surface area contributed by atoms with Crippen molar-refractivity contribution in [2.24, 2.45) is 0 Å². The summed E-state index contributed by atoms with van der Waals surface area (Å²) in [7, 11) is 0. The number of nitrogens with zero attached hydrogens (tertiary/aromatic N) is 3. The van der Waals surface area contributed by atoms with Crippen LogP contribution in [0.2, 0.25) is 0 Å². The van der Waals surface area contributed by atoms with Crippen LogP contribution in [0.3, 0.4) is 0 Å². The molecule has 6 heteroatoms. The van der Waals surface area contributed by atoms with Crippen molar-refractivity contribution in [3.63, 3.8) is 0 Å². The summed E-state index contributed by atoms with van der Waals surface area (Å²) in [6.45, 7) is 2.84. The first-order valence-electron chi connectivity index (χ1n) is 8.47. The molecular weight excluding hydrogens is 318 g/mol. The van der Waals surface area contributed by atoms with Crippen LogP contribution in [0.25, 0.3) is 11.6 Å². The van der Waals surface area contributed by atoms with Gasteiger partial charge in [-0.1, -0.05) is 22.9 Å². The summed E-state index contributed by atoms with van der Waals surface area (Å²) in [5, 5.41) is 3.89. The van der Waals surface area contributed by atoms with Gasteiger partial charge in [0.2, 0.25) is 17.6 Å². The number of carbonyl (C=O) groups excluding carboxylic acids is 1. The molecule has 6 nitrogen and oxygen atoms in total. The highest BCUT2D eigenvalue weighted by atomic mass is 16.5. The van der Waals surface area contributed by atoms with E-state index in [2.05, 4.69) is 29.2 Å². The van der Waals surface area contributed by atoms with Crippen molar-refractivity contribution in [3.05, 3.63) is 53.6 Å².